The Kier molecular flexibility index (Phi) is 4.93. The Morgan fingerprint density at radius 2 is 2.29 bits per heavy atom. The second-order valence-electron chi connectivity index (χ2n) is 3.15. The first kappa shape index (κ1) is 10.9. The molecule has 1 aromatic rings. The molecule has 0 aliphatic carbocycles. The molecule has 0 fully saturated rings. The van der Waals surface area contributed by atoms with Gasteiger partial charge in [0.1, 0.15) is 0 Å². The fourth-order valence-corrected chi connectivity index (χ4v) is 1.27. The molecule has 1 rings (SSSR count). The summed E-state index contributed by atoms with van der Waals surface area (Å²) in [7, 11) is 0. The third-order valence-electron chi connectivity index (χ3n) is 2.03. The van der Waals surface area contributed by atoms with Crippen LogP contribution in [0.5, 0.6) is 0 Å². The zero-order valence-corrected chi connectivity index (χ0v) is 8.56. The molecule has 0 saturated heterocycles. The molecule has 0 aliphatic heterocycles. The number of unbranched alkanes of at least 4 members (excludes halogenated alkanes) is 1. The van der Waals surface area contributed by atoms with Crippen molar-refractivity contribution in [2.24, 2.45) is 0 Å². The van der Waals surface area contributed by atoms with Crippen molar-refractivity contribution in [1.82, 2.24) is 10.2 Å². The van der Waals surface area contributed by atoms with Gasteiger partial charge in [-0.1, -0.05) is 13.3 Å². The minimum Gasteiger partial charge on any atom is -0.395 e. The van der Waals surface area contributed by atoms with Crippen LogP contribution in [0, 0.1) is 0 Å². The lowest BCUT2D eigenvalue weighted by Crippen LogP contribution is -2.28. The van der Waals surface area contributed by atoms with E-state index in [2.05, 4.69) is 22.0 Å². The number of aromatic nitrogens is 2. The molecule has 0 unspecified atom stereocenters. The molecule has 14 heavy (non-hydrogen) atoms. The number of hydrogen-bond acceptors (Lipinski definition) is 4. The highest BCUT2D eigenvalue weighted by atomic mass is 16.3. The molecule has 0 aliphatic rings. The zero-order valence-electron chi connectivity index (χ0n) is 8.56. The molecule has 0 bridgehead atoms. The number of aliphatic hydroxyl groups excluding tert-OH is 1. The van der Waals surface area contributed by atoms with E-state index >= 15 is 0 Å². The Hall–Kier alpha value is -1.16. The highest BCUT2D eigenvalue weighted by Gasteiger charge is 2.05. The summed E-state index contributed by atoms with van der Waals surface area (Å²) in [5.74, 6) is 0.843. The molecule has 0 radical (unpaired) electrons. The van der Waals surface area contributed by atoms with Gasteiger partial charge in [-0.25, -0.2) is 0 Å². The van der Waals surface area contributed by atoms with Crippen LogP contribution in [-0.4, -0.2) is 35.0 Å². The Morgan fingerprint density at radius 1 is 1.43 bits per heavy atom. The van der Waals surface area contributed by atoms with Gasteiger partial charge in [0.05, 0.1) is 6.61 Å². The first-order chi connectivity index (χ1) is 6.88. The smallest absolute Gasteiger partial charge is 0.151 e. The molecular weight excluding hydrogens is 178 g/mol. The molecule has 0 amide bonds. The first-order valence-corrected chi connectivity index (χ1v) is 5.02. The number of rotatable bonds is 6. The van der Waals surface area contributed by atoms with Crippen molar-refractivity contribution in [2.75, 3.05) is 24.6 Å². The average molecular weight is 195 g/mol. The highest BCUT2D eigenvalue weighted by Crippen LogP contribution is 2.08. The molecular formula is C10H17N3O. The number of aliphatic hydroxyl groups is 1. The van der Waals surface area contributed by atoms with Crippen molar-refractivity contribution in [3.63, 3.8) is 0 Å². The van der Waals surface area contributed by atoms with Gasteiger partial charge in [-0.3, -0.25) is 0 Å². The van der Waals surface area contributed by atoms with Crippen molar-refractivity contribution in [1.29, 1.82) is 0 Å². The molecule has 1 N–H and O–H groups in total. The van der Waals surface area contributed by atoms with Crippen molar-refractivity contribution in [3.05, 3.63) is 18.3 Å². The van der Waals surface area contributed by atoms with Crippen molar-refractivity contribution >= 4 is 5.82 Å². The molecule has 4 heteroatoms. The van der Waals surface area contributed by atoms with Crippen molar-refractivity contribution < 1.29 is 5.11 Å². The first-order valence-electron chi connectivity index (χ1n) is 5.02. The highest BCUT2D eigenvalue weighted by molar-refractivity contribution is 5.35. The molecule has 0 atom stereocenters. The van der Waals surface area contributed by atoms with Crippen LogP contribution in [0.4, 0.5) is 5.82 Å². The van der Waals surface area contributed by atoms with Gasteiger partial charge in [-0.05, 0) is 18.6 Å². The minimum atomic E-state index is 0.153. The Morgan fingerprint density at radius 3 is 2.86 bits per heavy atom. The standard InChI is InChI=1S/C10H17N3O/c1-2-3-7-13(8-9-14)10-5-4-6-11-12-10/h4-6,14H,2-3,7-9H2,1H3. The molecule has 1 aromatic heterocycles. The average Bonchev–Trinajstić information content (AvgIpc) is 2.25. The van der Waals surface area contributed by atoms with Gasteiger partial charge < -0.3 is 10.0 Å². The maximum atomic E-state index is 8.91. The van der Waals surface area contributed by atoms with E-state index in [0.29, 0.717) is 6.54 Å². The number of anilines is 1. The van der Waals surface area contributed by atoms with Crippen LogP contribution in [0.15, 0.2) is 18.3 Å². The quantitative estimate of drug-likeness (QED) is 0.737. The lowest BCUT2D eigenvalue weighted by molar-refractivity contribution is 0.301. The van der Waals surface area contributed by atoms with Gasteiger partial charge in [-0.2, -0.15) is 5.10 Å². The summed E-state index contributed by atoms with van der Waals surface area (Å²) >= 11 is 0. The largest absolute Gasteiger partial charge is 0.395 e. The molecule has 1 heterocycles. The lowest BCUT2D eigenvalue weighted by Gasteiger charge is -2.21. The summed E-state index contributed by atoms with van der Waals surface area (Å²) in [6.07, 6.45) is 3.90. The van der Waals surface area contributed by atoms with E-state index in [4.69, 9.17) is 5.11 Å². The van der Waals surface area contributed by atoms with E-state index in [1.165, 1.54) is 0 Å². The summed E-state index contributed by atoms with van der Waals surface area (Å²) < 4.78 is 0. The van der Waals surface area contributed by atoms with Gasteiger partial charge in [-0.15, -0.1) is 5.10 Å². The molecule has 0 saturated carbocycles. The van der Waals surface area contributed by atoms with Crippen LogP contribution in [0.1, 0.15) is 19.8 Å². The maximum absolute atomic E-state index is 8.91. The van der Waals surface area contributed by atoms with E-state index in [-0.39, 0.29) is 6.61 Å². The van der Waals surface area contributed by atoms with E-state index in [1.807, 2.05) is 12.1 Å². The van der Waals surface area contributed by atoms with E-state index < -0.39 is 0 Å². The van der Waals surface area contributed by atoms with Crippen LogP contribution in [0.3, 0.4) is 0 Å². The predicted molar refractivity (Wildman–Crippen MR) is 56.2 cm³/mol. The summed E-state index contributed by atoms with van der Waals surface area (Å²) in [6, 6.07) is 3.77. The minimum absolute atomic E-state index is 0.153. The third kappa shape index (κ3) is 3.30. The molecule has 4 nitrogen and oxygen atoms in total. The van der Waals surface area contributed by atoms with E-state index in [9.17, 15) is 0 Å². The van der Waals surface area contributed by atoms with Gasteiger partial charge in [0.25, 0.3) is 0 Å². The SMILES string of the molecule is CCCCN(CCO)c1cccnn1. The fourth-order valence-electron chi connectivity index (χ4n) is 1.27. The number of hydrogen-bond donors (Lipinski definition) is 1. The van der Waals surface area contributed by atoms with Crippen LogP contribution < -0.4 is 4.90 Å². The molecule has 78 valence electrons. The molecule has 0 spiro atoms. The normalized spacial score (nSPS) is 10.1. The number of nitrogens with zero attached hydrogens (tertiary/aromatic N) is 3. The van der Waals surface area contributed by atoms with Gasteiger partial charge >= 0.3 is 0 Å². The fraction of sp³-hybridized carbons (Fsp3) is 0.600. The zero-order chi connectivity index (χ0) is 10.2. The third-order valence-corrected chi connectivity index (χ3v) is 2.03. The van der Waals surface area contributed by atoms with Gasteiger partial charge in [0.2, 0.25) is 0 Å². The molecule has 0 aromatic carbocycles. The van der Waals surface area contributed by atoms with E-state index in [0.717, 1.165) is 25.2 Å². The summed E-state index contributed by atoms with van der Waals surface area (Å²) in [6.45, 7) is 3.85. The van der Waals surface area contributed by atoms with Crippen LogP contribution in [0.25, 0.3) is 0 Å². The Labute approximate surface area is 84.6 Å². The van der Waals surface area contributed by atoms with Gasteiger partial charge in [0.15, 0.2) is 5.82 Å². The second-order valence-corrected chi connectivity index (χ2v) is 3.15. The van der Waals surface area contributed by atoms with Crippen molar-refractivity contribution in [2.45, 2.75) is 19.8 Å². The van der Waals surface area contributed by atoms with Crippen LogP contribution >= 0.6 is 0 Å². The van der Waals surface area contributed by atoms with Gasteiger partial charge in [0, 0.05) is 19.3 Å². The lowest BCUT2D eigenvalue weighted by atomic mass is 10.3. The summed E-state index contributed by atoms with van der Waals surface area (Å²) in [5, 5.41) is 16.7. The van der Waals surface area contributed by atoms with E-state index in [1.54, 1.807) is 6.20 Å². The summed E-state index contributed by atoms with van der Waals surface area (Å²) in [4.78, 5) is 2.05. The predicted octanol–water partition coefficient (Wildman–Crippen LogP) is 1.08. The van der Waals surface area contributed by atoms with Crippen molar-refractivity contribution in [3.8, 4) is 0 Å². The van der Waals surface area contributed by atoms with Crippen LogP contribution in [-0.2, 0) is 0 Å². The van der Waals surface area contributed by atoms with Crippen LogP contribution in [0.2, 0.25) is 0 Å². The topological polar surface area (TPSA) is 49.2 Å². The monoisotopic (exact) mass is 195 g/mol. The Balaban J connectivity index is 2.58. The second kappa shape index (κ2) is 6.32. The maximum Gasteiger partial charge on any atom is 0.151 e. The summed E-state index contributed by atoms with van der Waals surface area (Å²) in [5.41, 5.74) is 0. The Bertz CT molecular complexity index is 240.